The van der Waals surface area contributed by atoms with Crippen molar-refractivity contribution in [2.75, 3.05) is 9.80 Å². The van der Waals surface area contributed by atoms with E-state index in [9.17, 15) is 0 Å². The highest BCUT2D eigenvalue weighted by Crippen LogP contribution is 2.54. The van der Waals surface area contributed by atoms with Crippen molar-refractivity contribution in [3.05, 3.63) is 284 Å². The lowest BCUT2D eigenvalue weighted by Crippen LogP contribution is -2.17. The van der Waals surface area contributed by atoms with Gasteiger partial charge in [-0.25, -0.2) is 0 Å². The Hall–Kier alpha value is -8.72. The van der Waals surface area contributed by atoms with Crippen LogP contribution in [0.2, 0.25) is 0 Å². The molecule has 0 N–H and O–H groups in total. The van der Waals surface area contributed by atoms with Crippen molar-refractivity contribution >= 4 is 58.4 Å². The lowest BCUT2D eigenvalue weighted by atomic mass is 9.81. The monoisotopic (exact) mass is 1100 g/mol. The molecule has 0 unspecified atom stereocenters. The van der Waals surface area contributed by atoms with Gasteiger partial charge in [-0.15, -0.1) is 0 Å². The minimum absolute atomic E-state index is 0.0839. The van der Waals surface area contributed by atoms with Gasteiger partial charge in [-0.05, 0) is 209 Å². The Labute approximate surface area is 506 Å². The summed E-state index contributed by atoms with van der Waals surface area (Å²) in [5.41, 5.74) is 32.8. The van der Waals surface area contributed by atoms with Gasteiger partial charge in [-0.1, -0.05) is 241 Å². The van der Waals surface area contributed by atoms with Crippen LogP contribution in [0.5, 0.6) is 0 Å². The van der Waals surface area contributed by atoms with E-state index in [4.69, 9.17) is 0 Å². The molecule has 0 aromatic heterocycles. The van der Waals surface area contributed by atoms with E-state index < -0.39 is 0 Å². The summed E-state index contributed by atoms with van der Waals surface area (Å²) in [5, 5.41) is 0. The molecule has 0 heterocycles. The summed E-state index contributed by atoms with van der Waals surface area (Å²) in [6.07, 6.45) is 9.20. The topological polar surface area (TPSA) is 6.48 Å². The molecular weight excluding hydrogens is 1020 g/mol. The Kier molecular flexibility index (Phi) is 13.2. The molecule has 0 radical (unpaired) electrons. The SMILES string of the molecule is Cc1cccc(N(c2ccc(C(C)(C)C)cc2)c2ccc3c(c2)C(C)(C)c2cc(C=Cc4ccc5c(c4)C(C)(C)c4cc(C=Cc6ccc7c(c6)C(C)(C)c6cc(N(c8ccc(C(C)(C)C)cc8)c8cccc(C)c8)ccc6-7)ccc4-5)ccc2-3)c1. The van der Waals surface area contributed by atoms with E-state index in [1.54, 1.807) is 0 Å². The smallest absolute Gasteiger partial charge is 0.0465 e. The van der Waals surface area contributed by atoms with Crippen LogP contribution in [0.3, 0.4) is 0 Å². The minimum atomic E-state index is -0.182. The maximum atomic E-state index is 2.44. The van der Waals surface area contributed by atoms with Crippen LogP contribution in [0.4, 0.5) is 34.1 Å². The highest BCUT2D eigenvalue weighted by molar-refractivity contribution is 5.90. The van der Waals surface area contributed by atoms with Crippen molar-refractivity contribution < 1.29 is 0 Å². The van der Waals surface area contributed by atoms with Gasteiger partial charge in [0.1, 0.15) is 0 Å². The molecular formula is C83H80N2. The van der Waals surface area contributed by atoms with Crippen molar-refractivity contribution in [3.63, 3.8) is 0 Å². The molecule has 0 aliphatic heterocycles. The van der Waals surface area contributed by atoms with Crippen LogP contribution in [0.15, 0.2) is 206 Å². The fourth-order valence-electron chi connectivity index (χ4n) is 14.0. The summed E-state index contributed by atoms with van der Waals surface area (Å²) in [6, 6.07) is 78.4. The van der Waals surface area contributed by atoms with Crippen molar-refractivity contribution in [1.29, 1.82) is 0 Å². The first kappa shape index (κ1) is 55.5. The van der Waals surface area contributed by atoms with Crippen molar-refractivity contribution in [1.82, 2.24) is 0 Å². The quantitative estimate of drug-likeness (QED) is 0.126. The molecule has 0 bridgehead atoms. The maximum absolute atomic E-state index is 2.44. The number of hydrogen-bond acceptors (Lipinski definition) is 2. The second-order valence-corrected chi connectivity index (χ2v) is 28.2. The summed E-state index contributed by atoms with van der Waals surface area (Å²) in [6.45, 7) is 32.4. The van der Waals surface area contributed by atoms with Gasteiger partial charge in [0.05, 0.1) is 0 Å². The Morgan fingerprint density at radius 3 is 0.788 bits per heavy atom. The third-order valence-electron chi connectivity index (χ3n) is 19.0. The second kappa shape index (κ2) is 20.2. The zero-order valence-corrected chi connectivity index (χ0v) is 52.3. The molecule has 13 rings (SSSR count). The van der Waals surface area contributed by atoms with E-state index in [-0.39, 0.29) is 27.1 Å². The summed E-state index contributed by atoms with van der Waals surface area (Å²) < 4.78 is 0. The molecule has 85 heavy (non-hydrogen) atoms. The normalized spacial score (nSPS) is 14.9. The van der Waals surface area contributed by atoms with Gasteiger partial charge in [-0.3, -0.25) is 0 Å². The van der Waals surface area contributed by atoms with Crippen molar-refractivity contribution in [2.45, 2.75) is 124 Å². The van der Waals surface area contributed by atoms with E-state index in [0.717, 1.165) is 11.4 Å². The van der Waals surface area contributed by atoms with E-state index in [1.165, 1.54) is 134 Å². The van der Waals surface area contributed by atoms with Crippen molar-refractivity contribution in [3.8, 4) is 33.4 Å². The summed E-state index contributed by atoms with van der Waals surface area (Å²) in [7, 11) is 0. The average Bonchev–Trinajstić information content (AvgIpc) is 1.69. The lowest BCUT2D eigenvalue weighted by Gasteiger charge is -2.29. The third kappa shape index (κ3) is 9.78. The first-order valence-electron chi connectivity index (χ1n) is 30.6. The number of hydrogen-bond donors (Lipinski definition) is 0. The number of fused-ring (bicyclic) bond motifs is 9. The molecule has 10 aromatic carbocycles. The molecule has 422 valence electrons. The van der Waals surface area contributed by atoms with Gasteiger partial charge in [0.2, 0.25) is 0 Å². The molecule has 3 aliphatic carbocycles. The minimum Gasteiger partial charge on any atom is -0.310 e. The zero-order chi connectivity index (χ0) is 59.5. The Balaban J connectivity index is 0.727. The van der Waals surface area contributed by atoms with Crippen LogP contribution >= 0.6 is 0 Å². The van der Waals surface area contributed by atoms with E-state index in [2.05, 4.69) is 337 Å². The van der Waals surface area contributed by atoms with Crippen LogP contribution < -0.4 is 9.80 Å². The van der Waals surface area contributed by atoms with Crippen LogP contribution in [-0.2, 0) is 27.1 Å². The fraction of sp³-hybridized carbons (Fsp3) is 0.229. The largest absolute Gasteiger partial charge is 0.310 e. The molecule has 0 fully saturated rings. The Morgan fingerprint density at radius 1 is 0.271 bits per heavy atom. The number of rotatable bonds is 10. The lowest BCUT2D eigenvalue weighted by molar-refractivity contribution is 0.590. The first-order valence-corrected chi connectivity index (χ1v) is 30.6. The summed E-state index contributed by atoms with van der Waals surface area (Å²) >= 11 is 0. The number of benzene rings is 10. The highest BCUT2D eigenvalue weighted by atomic mass is 15.1. The predicted molar refractivity (Wildman–Crippen MR) is 366 cm³/mol. The fourth-order valence-corrected chi connectivity index (χ4v) is 14.0. The molecule has 0 spiro atoms. The van der Waals surface area contributed by atoms with Gasteiger partial charge < -0.3 is 9.80 Å². The highest BCUT2D eigenvalue weighted by Gasteiger charge is 2.39. The average molecular weight is 1110 g/mol. The third-order valence-corrected chi connectivity index (χ3v) is 19.0. The Morgan fingerprint density at radius 2 is 0.518 bits per heavy atom. The van der Waals surface area contributed by atoms with E-state index >= 15 is 0 Å². The van der Waals surface area contributed by atoms with Gasteiger partial charge in [0.15, 0.2) is 0 Å². The van der Waals surface area contributed by atoms with E-state index in [0.29, 0.717) is 0 Å². The van der Waals surface area contributed by atoms with Crippen LogP contribution in [0.25, 0.3) is 57.7 Å². The molecule has 0 saturated carbocycles. The number of aryl methyl sites for hydroxylation is 2. The van der Waals surface area contributed by atoms with Gasteiger partial charge in [-0.2, -0.15) is 0 Å². The Bertz CT molecular complexity index is 4070. The van der Waals surface area contributed by atoms with Crippen LogP contribution in [0.1, 0.15) is 161 Å². The molecule has 2 heteroatoms. The van der Waals surface area contributed by atoms with Crippen LogP contribution in [-0.4, -0.2) is 0 Å². The molecule has 3 aliphatic rings. The summed E-state index contributed by atoms with van der Waals surface area (Å²) in [5.74, 6) is 0. The molecule has 0 saturated heterocycles. The van der Waals surface area contributed by atoms with Gasteiger partial charge >= 0.3 is 0 Å². The number of nitrogens with zero attached hydrogens (tertiary/aromatic N) is 2. The molecule has 2 nitrogen and oxygen atoms in total. The predicted octanol–water partition coefficient (Wildman–Crippen LogP) is 23.1. The van der Waals surface area contributed by atoms with Crippen LogP contribution in [0, 0.1) is 13.8 Å². The summed E-state index contributed by atoms with van der Waals surface area (Å²) in [4.78, 5) is 4.83. The second-order valence-electron chi connectivity index (χ2n) is 28.2. The molecule has 0 amide bonds. The van der Waals surface area contributed by atoms with Gasteiger partial charge in [0, 0.05) is 50.4 Å². The van der Waals surface area contributed by atoms with Crippen molar-refractivity contribution in [2.24, 2.45) is 0 Å². The van der Waals surface area contributed by atoms with E-state index in [1.807, 2.05) is 0 Å². The number of anilines is 6. The maximum Gasteiger partial charge on any atom is 0.0465 e. The molecule has 10 aromatic rings. The standard InChI is InChI=1S/C83H80N2/c1-53-17-15-19-63(45-53)84(61-33-29-59(30-34-61)79(3,4)5)65-37-43-71-69-41-27-57(49-75(69)82(11,12)77(71)51-65)23-21-55-25-39-67-68-40-26-56(48-74(68)81(9,10)73(67)47-55)22-24-58-28-42-70-72-44-38-66(52-78(72)83(13,14)76(70)50-58)85(64-20-16-18-54(2)46-64)62-35-31-60(32-36-62)80(6,7)8/h15-52H,1-14H3. The zero-order valence-electron chi connectivity index (χ0n) is 52.3. The molecule has 0 atom stereocenters. The first-order chi connectivity index (χ1) is 40.4. The van der Waals surface area contributed by atoms with Gasteiger partial charge in [0.25, 0.3) is 0 Å².